The summed E-state index contributed by atoms with van der Waals surface area (Å²) >= 11 is 0. The average Bonchev–Trinajstić information content (AvgIpc) is 2.41. The van der Waals surface area contributed by atoms with Crippen LogP contribution in [-0.4, -0.2) is 42.0 Å². The van der Waals surface area contributed by atoms with Gasteiger partial charge in [0.05, 0.1) is 11.9 Å². The zero-order chi connectivity index (χ0) is 13.0. The molecule has 0 aromatic carbocycles. The number of rotatable bonds is 3. The predicted octanol–water partition coefficient (Wildman–Crippen LogP) is 0.191. The van der Waals surface area contributed by atoms with E-state index >= 15 is 0 Å². The van der Waals surface area contributed by atoms with Crippen molar-refractivity contribution in [3.63, 3.8) is 0 Å². The summed E-state index contributed by atoms with van der Waals surface area (Å²) in [7, 11) is 2.10. The minimum atomic E-state index is -0.117. The van der Waals surface area contributed by atoms with Crippen molar-refractivity contribution in [3.05, 3.63) is 24.0 Å². The smallest absolute Gasteiger partial charge is 0.270 e. The molecule has 1 amide bonds. The second-order valence-corrected chi connectivity index (χ2v) is 4.63. The van der Waals surface area contributed by atoms with Crippen LogP contribution in [0.25, 0.3) is 0 Å². The van der Waals surface area contributed by atoms with Gasteiger partial charge in [-0.3, -0.25) is 10.6 Å². The van der Waals surface area contributed by atoms with Crippen LogP contribution in [0.1, 0.15) is 23.3 Å². The van der Waals surface area contributed by atoms with Gasteiger partial charge in [-0.1, -0.05) is 0 Å². The lowest BCUT2D eigenvalue weighted by Gasteiger charge is -2.29. The van der Waals surface area contributed by atoms with Crippen LogP contribution in [0, 0.1) is 0 Å². The van der Waals surface area contributed by atoms with Crippen molar-refractivity contribution in [2.75, 3.05) is 25.6 Å². The summed E-state index contributed by atoms with van der Waals surface area (Å²) in [6.07, 6.45) is 3.53. The number of likely N-dealkylation sites (tertiary alicyclic amines) is 1. The molecule has 0 aliphatic carbocycles. The lowest BCUT2D eigenvalue weighted by atomic mass is 10.1. The van der Waals surface area contributed by atoms with Crippen molar-refractivity contribution in [1.29, 1.82) is 0 Å². The Labute approximate surface area is 107 Å². The van der Waals surface area contributed by atoms with Crippen LogP contribution in [0.2, 0.25) is 0 Å². The maximum absolute atomic E-state index is 12.0. The van der Waals surface area contributed by atoms with Gasteiger partial charge in [0, 0.05) is 6.04 Å². The van der Waals surface area contributed by atoms with Crippen molar-refractivity contribution in [2.24, 2.45) is 5.84 Å². The SMILES string of the molecule is CN1CCC(NC(=O)c2ccc(NN)cn2)CC1. The van der Waals surface area contributed by atoms with Crippen LogP contribution in [0.15, 0.2) is 18.3 Å². The van der Waals surface area contributed by atoms with Crippen LogP contribution in [0.3, 0.4) is 0 Å². The fourth-order valence-electron chi connectivity index (χ4n) is 2.03. The molecule has 4 N–H and O–H groups in total. The lowest BCUT2D eigenvalue weighted by molar-refractivity contribution is 0.0912. The standard InChI is InChI=1S/C12H19N5O/c1-17-6-4-9(5-7-17)15-12(18)11-3-2-10(16-13)8-14-11/h2-3,8-9,16H,4-7,13H2,1H3,(H,15,18). The Balaban J connectivity index is 1.90. The number of nitrogens with one attached hydrogen (secondary N) is 2. The van der Waals surface area contributed by atoms with E-state index in [1.807, 2.05) is 0 Å². The number of amides is 1. The molecule has 1 aromatic rings. The van der Waals surface area contributed by atoms with Crippen molar-refractivity contribution in [1.82, 2.24) is 15.2 Å². The largest absolute Gasteiger partial charge is 0.348 e. The molecule has 1 aromatic heterocycles. The van der Waals surface area contributed by atoms with Gasteiger partial charge in [-0.15, -0.1) is 0 Å². The van der Waals surface area contributed by atoms with Crippen LogP contribution in [-0.2, 0) is 0 Å². The van der Waals surface area contributed by atoms with E-state index < -0.39 is 0 Å². The van der Waals surface area contributed by atoms with E-state index in [-0.39, 0.29) is 11.9 Å². The molecule has 1 aliphatic heterocycles. The van der Waals surface area contributed by atoms with E-state index in [0.717, 1.165) is 25.9 Å². The summed E-state index contributed by atoms with van der Waals surface area (Å²) in [4.78, 5) is 18.3. The van der Waals surface area contributed by atoms with Crippen LogP contribution >= 0.6 is 0 Å². The Kier molecular flexibility index (Phi) is 4.11. The summed E-state index contributed by atoms with van der Waals surface area (Å²) < 4.78 is 0. The molecule has 0 spiro atoms. The molecule has 2 heterocycles. The normalized spacial score (nSPS) is 17.4. The summed E-state index contributed by atoms with van der Waals surface area (Å²) in [6.45, 7) is 2.04. The highest BCUT2D eigenvalue weighted by molar-refractivity contribution is 5.92. The van der Waals surface area contributed by atoms with E-state index in [4.69, 9.17) is 5.84 Å². The van der Waals surface area contributed by atoms with Crippen LogP contribution in [0.5, 0.6) is 0 Å². The molecule has 1 fully saturated rings. The van der Waals surface area contributed by atoms with E-state index in [9.17, 15) is 4.79 Å². The van der Waals surface area contributed by atoms with Crippen molar-refractivity contribution in [2.45, 2.75) is 18.9 Å². The number of hydrogen-bond acceptors (Lipinski definition) is 5. The highest BCUT2D eigenvalue weighted by atomic mass is 16.1. The highest BCUT2D eigenvalue weighted by Crippen LogP contribution is 2.09. The van der Waals surface area contributed by atoms with Crippen molar-refractivity contribution < 1.29 is 4.79 Å². The molecular weight excluding hydrogens is 230 g/mol. The molecule has 18 heavy (non-hydrogen) atoms. The zero-order valence-electron chi connectivity index (χ0n) is 10.5. The molecule has 2 rings (SSSR count). The number of nitrogens with zero attached hydrogens (tertiary/aromatic N) is 2. The molecule has 0 radical (unpaired) electrons. The molecule has 0 saturated carbocycles. The first kappa shape index (κ1) is 12.8. The molecule has 0 bridgehead atoms. The number of piperidine rings is 1. The van der Waals surface area contributed by atoms with E-state index in [2.05, 4.69) is 27.7 Å². The summed E-state index contributed by atoms with van der Waals surface area (Å²) in [6, 6.07) is 3.65. The molecule has 98 valence electrons. The van der Waals surface area contributed by atoms with Gasteiger partial charge in [0.15, 0.2) is 0 Å². The maximum Gasteiger partial charge on any atom is 0.270 e. The van der Waals surface area contributed by atoms with Gasteiger partial charge in [-0.05, 0) is 45.1 Å². The fraction of sp³-hybridized carbons (Fsp3) is 0.500. The number of nitrogen functional groups attached to an aromatic ring is 1. The first-order valence-corrected chi connectivity index (χ1v) is 6.11. The lowest BCUT2D eigenvalue weighted by Crippen LogP contribution is -2.43. The highest BCUT2D eigenvalue weighted by Gasteiger charge is 2.19. The van der Waals surface area contributed by atoms with Gasteiger partial charge >= 0.3 is 0 Å². The number of aromatic nitrogens is 1. The molecular formula is C12H19N5O. The number of anilines is 1. The van der Waals surface area contributed by atoms with Gasteiger partial charge in [-0.25, -0.2) is 4.98 Å². The first-order valence-electron chi connectivity index (χ1n) is 6.11. The Bertz CT molecular complexity index is 397. The topological polar surface area (TPSA) is 83.3 Å². The van der Waals surface area contributed by atoms with Crippen LogP contribution < -0.4 is 16.6 Å². The van der Waals surface area contributed by atoms with Crippen LogP contribution in [0.4, 0.5) is 5.69 Å². The van der Waals surface area contributed by atoms with Gasteiger partial charge in [-0.2, -0.15) is 0 Å². The average molecular weight is 249 g/mol. The molecule has 6 heteroatoms. The molecule has 1 saturated heterocycles. The minimum Gasteiger partial charge on any atom is -0.348 e. The number of carbonyl (C=O) groups is 1. The Morgan fingerprint density at radius 1 is 1.44 bits per heavy atom. The zero-order valence-corrected chi connectivity index (χ0v) is 10.5. The minimum absolute atomic E-state index is 0.117. The fourth-order valence-corrected chi connectivity index (χ4v) is 2.03. The monoisotopic (exact) mass is 249 g/mol. The Hall–Kier alpha value is -1.66. The number of hydrogen-bond donors (Lipinski definition) is 3. The first-order chi connectivity index (χ1) is 8.69. The summed E-state index contributed by atoms with van der Waals surface area (Å²) in [5.74, 6) is 5.13. The number of carbonyl (C=O) groups excluding carboxylic acids is 1. The molecule has 1 aliphatic rings. The van der Waals surface area contributed by atoms with Crippen molar-refractivity contribution >= 4 is 11.6 Å². The van der Waals surface area contributed by atoms with E-state index in [1.54, 1.807) is 18.3 Å². The third-order valence-electron chi connectivity index (χ3n) is 3.22. The van der Waals surface area contributed by atoms with Gasteiger partial charge < -0.3 is 15.6 Å². The van der Waals surface area contributed by atoms with Gasteiger partial charge in [0.2, 0.25) is 0 Å². The van der Waals surface area contributed by atoms with E-state index in [0.29, 0.717) is 11.4 Å². The Morgan fingerprint density at radius 2 is 2.17 bits per heavy atom. The third kappa shape index (κ3) is 3.18. The molecule has 6 nitrogen and oxygen atoms in total. The third-order valence-corrected chi connectivity index (χ3v) is 3.22. The molecule has 0 unspecified atom stereocenters. The quantitative estimate of drug-likeness (QED) is 0.526. The van der Waals surface area contributed by atoms with E-state index in [1.165, 1.54) is 0 Å². The number of hydrazine groups is 1. The predicted molar refractivity (Wildman–Crippen MR) is 70.0 cm³/mol. The maximum atomic E-state index is 12.0. The molecule has 0 atom stereocenters. The van der Waals surface area contributed by atoms with Gasteiger partial charge in [0.1, 0.15) is 5.69 Å². The van der Waals surface area contributed by atoms with Crippen molar-refractivity contribution in [3.8, 4) is 0 Å². The van der Waals surface area contributed by atoms with Gasteiger partial charge in [0.25, 0.3) is 5.91 Å². The number of nitrogens with two attached hydrogens (primary N) is 1. The summed E-state index contributed by atoms with van der Waals surface area (Å²) in [5, 5.41) is 3.01. The Morgan fingerprint density at radius 3 is 2.72 bits per heavy atom. The number of pyridine rings is 1. The summed E-state index contributed by atoms with van der Waals surface area (Å²) in [5.41, 5.74) is 3.59. The second-order valence-electron chi connectivity index (χ2n) is 4.63. The second kappa shape index (κ2) is 5.79.